The minimum Gasteiger partial charge on any atom is -0.395 e. The Hall–Kier alpha value is -1.27. The number of anilines is 1. The van der Waals surface area contributed by atoms with E-state index in [0.717, 1.165) is 6.07 Å². The van der Waals surface area contributed by atoms with Crippen LogP contribution in [0.25, 0.3) is 0 Å². The first-order chi connectivity index (χ1) is 8.40. The third-order valence-corrected chi connectivity index (χ3v) is 2.59. The fourth-order valence-electron chi connectivity index (χ4n) is 1.73. The van der Waals surface area contributed by atoms with Gasteiger partial charge in [-0.2, -0.15) is 13.2 Å². The molecule has 0 atom stereocenters. The quantitative estimate of drug-likeness (QED) is 0.850. The van der Waals surface area contributed by atoms with Gasteiger partial charge in [0, 0.05) is 25.8 Å². The molecule has 6 heteroatoms. The van der Waals surface area contributed by atoms with Gasteiger partial charge in [-0.05, 0) is 24.7 Å². The van der Waals surface area contributed by atoms with Crippen LogP contribution in [-0.4, -0.2) is 32.4 Å². The van der Waals surface area contributed by atoms with Gasteiger partial charge in [-0.3, -0.25) is 0 Å². The summed E-state index contributed by atoms with van der Waals surface area (Å²) in [5.41, 5.74) is -0.0198. The molecule has 0 saturated carbocycles. The lowest BCUT2D eigenvalue weighted by Gasteiger charge is -2.23. The van der Waals surface area contributed by atoms with Gasteiger partial charge in [-0.25, -0.2) is 0 Å². The third kappa shape index (κ3) is 3.61. The zero-order valence-electron chi connectivity index (χ0n) is 10.4. The largest absolute Gasteiger partial charge is 0.418 e. The van der Waals surface area contributed by atoms with Crippen molar-refractivity contribution in [1.82, 2.24) is 5.32 Å². The van der Waals surface area contributed by atoms with Crippen LogP contribution in [0.15, 0.2) is 18.2 Å². The maximum absolute atomic E-state index is 13.0. The van der Waals surface area contributed by atoms with Crippen molar-refractivity contribution in [2.45, 2.75) is 12.7 Å². The van der Waals surface area contributed by atoms with Crippen LogP contribution < -0.4 is 10.2 Å². The third-order valence-electron chi connectivity index (χ3n) is 2.59. The number of alkyl halides is 3. The highest BCUT2D eigenvalue weighted by Crippen LogP contribution is 2.36. The maximum atomic E-state index is 13.0. The van der Waals surface area contributed by atoms with E-state index < -0.39 is 11.7 Å². The number of aliphatic hydroxyl groups excluding tert-OH is 1. The highest BCUT2D eigenvalue weighted by molar-refractivity contribution is 5.56. The molecule has 0 aromatic heterocycles. The van der Waals surface area contributed by atoms with Crippen molar-refractivity contribution in [2.24, 2.45) is 0 Å². The number of likely N-dealkylation sites (N-methyl/N-ethyl adjacent to an activating group) is 1. The fraction of sp³-hybridized carbons (Fsp3) is 0.500. The number of hydrogen-bond acceptors (Lipinski definition) is 3. The van der Waals surface area contributed by atoms with E-state index >= 15 is 0 Å². The first-order valence-corrected chi connectivity index (χ1v) is 5.57. The summed E-state index contributed by atoms with van der Waals surface area (Å²) >= 11 is 0. The molecule has 102 valence electrons. The Morgan fingerprint density at radius 3 is 2.50 bits per heavy atom. The van der Waals surface area contributed by atoms with E-state index in [4.69, 9.17) is 5.11 Å². The molecule has 3 nitrogen and oxygen atoms in total. The summed E-state index contributed by atoms with van der Waals surface area (Å²) in [6, 6.07) is 4.22. The second-order valence-electron chi connectivity index (χ2n) is 4.02. The number of aliphatic hydroxyl groups is 1. The predicted molar refractivity (Wildman–Crippen MR) is 64.6 cm³/mol. The second kappa shape index (κ2) is 6.06. The Labute approximate surface area is 104 Å². The molecule has 0 bridgehead atoms. The van der Waals surface area contributed by atoms with Crippen molar-refractivity contribution < 1.29 is 18.3 Å². The van der Waals surface area contributed by atoms with Gasteiger partial charge < -0.3 is 15.3 Å². The fourth-order valence-corrected chi connectivity index (χ4v) is 1.73. The standard InChI is InChI=1S/C12H17F3N2O/c1-16-8-9-3-4-11(17(2)5-6-18)10(7-9)12(13,14)15/h3-4,7,16,18H,5-6,8H2,1-2H3. The molecule has 0 unspecified atom stereocenters. The van der Waals surface area contributed by atoms with Crippen LogP contribution in [0.1, 0.15) is 11.1 Å². The van der Waals surface area contributed by atoms with Crippen molar-refractivity contribution in [1.29, 1.82) is 0 Å². The number of hydrogen-bond donors (Lipinski definition) is 2. The van der Waals surface area contributed by atoms with E-state index in [2.05, 4.69) is 5.32 Å². The van der Waals surface area contributed by atoms with E-state index in [0.29, 0.717) is 12.1 Å². The van der Waals surface area contributed by atoms with Crippen molar-refractivity contribution in [3.05, 3.63) is 29.3 Å². The van der Waals surface area contributed by atoms with Gasteiger partial charge >= 0.3 is 6.18 Å². The monoisotopic (exact) mass is 262 g/mol. The predicted octanol–water partition coefficient (Wildman–Crippen LogP) is 1.85. The second-order valence-corrected chi connectivity index (χ2v) is 4.02. The van der Waals surface area contributed by atoms with Gasteiger partial charge in [0.25, 0.3) is 0 Å². The molecular formula is C12H17F3N2O. The van der Waals surface area contributed by atoms with Crippen LogP contribution in [0.3, 0.4) is 0 Å². The summed E-state index contributed by atoms with van der Waals surface area (Å²) in [6.07, 6.45) is -4.40. The topological polar surface area (TPSA) is 35.5 Å². The van der Waals surface area contributed by atoms with Crippen LogP contribution in [0.5, 0.6) is 0 Å². The van der Waals surface area contributed by atoms with Crippen LogP contribution in [0, 0.1) is 0 Å². The summed E-state index contributed by atoms with van der Waals surface area (Å²) in [7, 11) is 3.21. The molecule has 1 rings (SSSR count). The van der Waals surface area contributed by atoms with Crippen LogP contribution >= 0.6 is 0 Å². The zero-order valence-corrected chi connectivity index (χ0v) is 10.4. The maximum Gasteiger partial charge on any atom is 0.418 e. The summed E-state index contributed by atoms with van der Waals surface area (Å²) in [6.45, 7) is 0.355. The summed E-state index contributed by atoms with van der Waals surface area (Å²) in [4.78, 5) is 1.39. The smallest absolute Gasteiger partial charge is 0.395 e. The summed E-state index contributed by atoms with van der Waals surface area (Å²) in [5, 5.41) is 11.6. The van der Waals surface area contributed by atoms with E-state index in [1.54, 1.807) is 13.1 Å². The van der Waals surface area contributed by atoms with E-state index in [1.807, 2.05) is 0 Å². The molecule has 0 radical (unpaired) electrons. The van der Waals surface area contributed by atoms with Gasteiger partial charge in [0.05, 0.1) is 12.2 Å². The Morgan fingerprint density at radius 2 is 2.00 bits per heavy atom. The Kier molecular flexibility index (Phi) is 4.98. The van der Waals surface area contributed by atoms with Crippen LogP contribution in [0.2, 0.25) is 0 Å². The first kappa shape index (κ1) is 14.8. The number of benzene rings is 1. The molecule has 0 aliphatic heterocycles. The van der Waals surface area contributed by atoms with Crippen LogP contribution in [-0.2, 0) is 12.7 Å². The van der Waals surface area contributed by atoms with Crippen molar-refractivity contribution in [3.8, 4) is 0 Å². The van der Waals surface area contributed by atoms with E-state index in [1.165, 1.54) is 18.0 Å². The molecule has 0 saturated heterocycles. The first-order valence-electron chi connectivity index (χ1n) is 5.57. The average molecular weight is 262 g/mol. The molecule has 0 heterocycles. The lowest BCUT2D eigenvalue weighted by molar-refractivity contribution is -0.137. The number of nitrogens with zero attached hydrogens (tertiary/aromatic N) is 1. The molecule has 1 aromatic carbocycles. The molecule has 0 spiro atoms. The van der Waals surface area contributed by atoms with Gasteiger partial charge in [0.1, 0.15) is 0 Å². The lowest BCUT2D eigenvalue weighted by Crippen LogP contribution is -2.24. The Morgan fingerprint density at radius 1 is 1.33 bits per heavy atom. The van der Waals surface area contributed by atoms with Gasteiger partial charge in [0.2, 0.25) is 0 Å². The molecule has 18 heavy (non-hydrogen) atoms. The highest BCUT2D eigenvalue weighted by Gasteiger charge is 2.34. The zero-order chi connectivity index (χ0) is 13.8. The summed E-state index contributed by atoms with van der Waals surface area (Å²) < 4.78 is 38.9. The molecular weight excluding hydrogens is 245 g/mol. The average Bonchev–Trinajstić information content (AvgIpc) is 2.28. The molecule has 0 aliphatic rings. The lowest BCUT2D eigenvalue weighted by atomic mass is 10.1. The molecule has 0 amide bonds. The molecule has 0 fully saturated rings. The minimum absolute atomic E-state index is 0.0800. The van der Waals surface area contributed by atoms with Crippen LogP contribution in [0.4, 0.5) is 18.9 Å². The minimum atomic E-state index is -4.40. The van der Waals surface area contributed by atoms with Gasteiger partial charge in [-0.1, -0.05) is 6.07 Å². The van der Waals surface area contributed by atoms with E-state index in [-0.39, 0.29) is 18.8 Å². The Balaban J connectivity index is 3.17. The highest BCUT2D eigenvalue weighted by atomic mass is 19.4. The van der Waals surface area contributed by atoms with Gasteiger partial charge in [-0.15, -0.1) is 0 Å². The van der Waals surface area contributed by atoms with Crippen molar-refractivity contribution in [3.63, 3.8) is 0 Å². The number of nitrogens with one attached hydrogen (secondary N) is 1. The van der Waals surface area contributed by atoms with Crippen molar-refractivity contribution >= 4 is 5.69 Å². The van der Waals surface area contributed by atoms with Crippen molar-refractivity contribution in [2.75, 3.05) is 32.1 Å². The molecule has 0 aliphatic carbocycles. The van der Waals surface area contributed by atoms with Gasteiger partial charge in [0.15, 0.2) is 0 Å². The molecule has 1 aromatic rings. The SMILES string of the molecule is CNCc1ccc(N(C)CCO)c(C(F)(F)F)c1. The summed E-state index contributed by atoms with van der Waals surface area (Å²) in [5.74, 6) is 0. The normalized spacial score (nSPS) is 11.7. The Bertz CT molecular complexity index is 393. The number of halogens is 3. The number of rotatable bonds is 5. The van der Waals surface area contributed by atoms with E-state index in [9.17, 15) is 13.2 Å². The molecule has 2 N–H and O–H groups in total.